The molecule has 1 saturated carbocycles. The Labute approximate surface area is 207 Å². The molecule has 1 aromatic heterocycles. The summed E-state index contributed by atoms with van der Waals surface area (Å²) in [6, 6.07) is 11.5. The topological polar surface area (TPSA) is 69.6 Å². The number of benzene rings is 1. The third-order valence-corrected chi connectivity index (χ3v) is 6.98. The Balaban J connectivity index is 1.36. The Bertz CT molecular complexity index is 993. The van der Waals surface area contributed by atoms with Crippen LogP contribution in [0.3, 0.4) is 0 Å². The van der Waals surface area contributed by atoms with Crippen molar-refractivity contribution in [2.75, 3.05) is 44.2 Å². The fourth-order valence-corrected chi connectivity index (χ4v) is 4.78. The molecule has 0 atom stereocenters. The fourth-order valence-electron chi connectivity index (χ4n) is 4.55. The van der Waals surface area contributed by atoms with Crippen LogP contribution in [0.5, 0.6) is 0 Å². The van der Waals surface area contributed by atoms with E-state index in [9.17, 15) is 9.59 Å². The summed E-state index contributed by atoms with van der Waals surface area (Å²) in [4.78, 5) is 31.8. The SMILES string of the molecule is CC(C)CN(CC(=O)N1CCCN(c2ccc(-c3ccccc3Cl)nn2)CC1)C(=O)C1CCC1. The highest BCUT2D eigenvalue weighted by atomic mass is 35.5. The molecule has 1 aromatic carbocycles. The van der Waals surface area contributed by atoms with E-state index in [1.807, 2.05) is 41.3 Å². The van der Waals surface area contributed by atoms with E-state index in [2.05, 4.69) is 28.9 Å². The second-order valence-electron chi connectivity index (χ2n) is 9.72. The second-order valence-corrected chi connectivity index (χ2v) is 10.1. The molecule has 0 unspecified atom stereocenters. The number of carbonyl (C=O) groups is 2. The molecule has 0 N–H and O–H groups in total. The summed E-state index contributed by atoms with van der Waals surface area (Å²) in [6.45, 7) is 7.79. The van der Waals surface area contributed by atoms with Crippen LogP contribution in [0, 0.1) is 11.8 Å². The number of halogens is 1. The Hall–Kier alpha value is -2.67. The molecule has 2 aromatic rings. The number of amides is 2. The van der Waals surface area contributed by atoms with Crippen molar-refractivity contribution in [3.8, 4) is 11.3 Å². The third kappa shape index (κ3) is 5.87. The van der Waals surface area contributed by atoms with Crippen LogP contribution >= 0.6 is 11.6 Å². The van der Waals surface area contributed by atoms with Crippen molar-refractivity contribution in [1.29, 1.82) is 0 Å². The summed E-state index contributed by atoms with van der Waals surface area (Å²) in [7, 11) is 0. The molecule has 1 saturated heterocycles. The first kappa shape index (κ1) is 24.5. The van der Waals surface area contributed by atoms with Crippen LogP contribution in [0.4, 0.5) is 5.82 Å². The molecule has 2 amide bonds. The van der Waals surface area contributed by atoms with Gasteiger partial charge in [0.1, 0.15) is 0 Å². The normalized spacial score (nSPS) is 16.8. The molecule has 8 heteroatoms. The van der Waals surface area contributed by atoms with Crippen LogP contribution < -0.4 is 4.90 Å². The number of aromatic nitrogens is 2. The van der Waals surface area contributed by atoms with E-state index in [0.717, 1.165) is 49.3 Å². The van der Waals surface area contributed by atoms with Gasteiger partial charge in [-0.1, -0.05) is 50.1 Å². The van der Waals surface area contributed by atoms with E-state index in [1.54, 1.807) is 4.90 Å². The summed E-state index contributed by atoms with van der Waals surface area (Å²) in [5.41, 5.74) is 1.60. The molecule has 7 nitrogen and oxygen atoms in total. The molecule has 0 radical (unpaired) electrons. The predicted octanol–water partition coefficient (Wildman–Crippen LogP) is 4.12. The van der Waals surface area contributed by atoms with Crippen molar-refractivity contribution in [2.24, 2.45) is 11.8 Å². The van der Waals surface area contributed by atoms with E-state index in [4.69, 9.17) is 11.6 Å². The molecule has 0 bridgehead atoms. The number of hydrogen-bond donors (Lipinski definition) is 0. The van der Waals surface area contributed by atoms with Gasteiger partial charge in [-0.05, 0) is 43.4 Å². The standard InChI is InChI=1S/C26H34ClN5O2/c1-19(2)17-32(26(34)20-7-5-8-20)18-25(33)31-14-6-13-30(15-16-31)24-12-11-23(28-29-24)21-9-3-4-10-22(21)27/h3-4,9-12,19-20H,5-8,13-18H2,1-2H3. The lowest BCUT2D eigenvalue weighted by Gasteiger charge is -2.33. The molecule has 0 spiro atoms. The first-order valence-corrected chi connectivity index (χ1v) is 12.7. The Morgan fingerprint density at radius 3 is 2.47 bits per heavy atom. The van der Waals surface area contributed by atoms with Gasteiger partial charge in [0.25, 0.3) is 0 Å². The van der Waals surface area contributed by atoms with E-state index in [1.165, 1.54) is 0 Å². The summed E-state index contributed by atoms with van der Waals surface area (Å²) >= 11 is 6.29. The number of hydrogen-bond acceptors (Lipinski definition) is 5. The molecule has 1 aliphatic carbocycles. The highest BCUT2D eigenvalue weighted by Crippen LogP contribution is 2.29. The second kappa shape index (κ2) is 11.2. The van der Waals surface area contributed by atoms with Crippen molar-refractivity contribution < 1.29 is 9.59 Å². The van der Waals surface area contributed by atoms with Crippen molar-refractivity contribution >= 4 is 29.2 Å². The van der Waals surface area contributed by atoms with Gasteiger partial charge < -0.3 is 14.7 Å². The summed E-state index contributed by atoms with van der Waals surface area (Å²) < 4.78 is 0. The molecule has 34 heavy (non-hydrogen) atoms. The minimum atomic E-state index is 0.0373. The zero-order valence-electron chi connectivity index (χ0n) is 20.1. The maximum Gasteiger partial charge on any atom is 0.242 e. The lowest BCUT2D eigenvalue weighted by Crippen LogP contribution is -2.48. The van der Waals surface area contributed by atoms with Gasteiger partial charge >= 0.3 is 0 Å². The fraction of sp³-hybridized carbons (Fsp3) is 0.538. The minimum absolute atomic E-state index is 0.0373. The highest BCUT2D eigenvalue weighted by Gasteiger charge is 2.32. The van der Waals surface area contributed by atoms with Crippen LogP contribution in [0.25, 0.3) is 11.3 Å². The first-order chi connectivity index (χ1) is 16.4. The molecule has 4 rings (SSSR count). The number of rotatable bonds is 7. The lowest BCUT2D eigenvalue weighted by molar-refractivity contribution is -0.145. The van der Waals surface area contributed by atoms with E-state index < -0.39 is 0 Å². The molecule has 2 aliphatic rings. The zero-order valence-corrected chi connectivity index (χ0v) is 20.9. The van der Waals surface area contributed by atoms with Gasteiger partial charge in [-0.25, -0.2) is 0 Å². The summed E-state index contributed by atoms with van der Waals surface area (Å²) in [5.74, 6) is 1.43. The maximum absolute atomic E-state index is 13.1. The summed E-state index contributed by atoms with van der Waals surface area (Å²) in [6.07, 6.45) is 3.87. The number of carbonyl (C=O) groups excluding carboxylic acids is 2. The van der Waals surface area contributed by atoms with E-state index >= 15 is 0 Å². The quantitative estimate of drug-likeness (QED) is 0.592. The molecule has 182 valence electrons. The summed E-state index contributed by atoms with van der Waals surface area (Å²) in [5, 5.41) is 9.47. The van der Waals surface area contributed by atoms with Crippen molar-refractivity contribution in [3.63, 3.8) is 0 Å². The molecule has 2 fully saturated rings. The van der Waals surface area contributed by atoms with Crippen molar-refractivity contribution in [2.45, 2.75) is 39.5 Å². The van der Waals surface area contributed by atoms with Gasteiger partial charge in [0.05, 0.1) is 17.3 Å². The van der Waals surface area contributed by atoms with Gasteiger partial charge in [-0.3, -0.25) is 9.59 Å². The predicted molar refractivity (Wildman–Crippen MR) is 135 cm³/mol. The molecule has 1 aliphatic heterocycles. The monoisotopic (exact) mass is 483 g/mol. The Morgan fingerprint density at radius 2 is 1.82 bits per heavy atom. The van der Waals surface area contributed by atoms with Gasteiger partial charge in [-0.2, -0.15) is 0 Å². The third-order valence-electron chi connectivity index (χ3n) is 6.65. The zero-order chi connectivity index (χ0) is 24.1. The lowest BCUT2D eigenvalue weighted by atomic mass is 9.84. The van der Waals surface area contributed by atoms with Crippen LogP contribution in [-0.4, -0.2) is 71.1 Å². The van der Waals surface area contributed by atoms with Gasteiger partial charge in [0, 0.05) is 44.2 Å². The smallest absolute Gasteiger partial charge is 0.242 e. The van der Waals surface area contributed by atoms with Gasteiger partial charge in [0.15, 0.2) is 5.82 Å². The minimum Gasteiger partial charge on any atom is -0.353 e. The van der Waals surface area contributed by atoms with Crippen molar-refractivity contribution in [3.05, 3.63) is 41.4 Å². The number of nitrogens with zero attached hydrogens (tertiary/aromatic N) is 5. The molecular formula is C26H34ClN5O2. The van der Waals surface area contributed by atoms with Crippen LogP contribution in [0.2, 0.25) is 5.02 Å². The van der Waals surface area contributed by atoms with Crippen LogP contribution in [-0.2, 0) is 9.59 Å². The molecular weight excluding hydrogens is 450 g/mol. The average Bonchev–Trinajstić information content (AvgIpc) is 3.04. The van der Waals surface area contributed by atoms with E-state index in [0.29, 0.717) is 37.1 Å². The van der Waals surface area contributed by atoms with Crippen LogP contribution in [0.15, 0.2) is 36.4 Å². The largest absolute Gasteiger partial charge is 0.353 e. The van der Waals surface area contributed by atoms with Gasteiger partial charge in [-0.15, -0.1) is 10.2 Å². The molecule has 2 heterocycles. The average molecular weight is 484 g/mol. The van der Waals surface area contributed by atoms with Crippen LogP contribution in [0.1, 0.15) is 39.5 Å². The first-order valence-electron chi connectivity index (χ1n) is 12.3. The van der Waals surface area contributed by atoms with Gasteiger partial charge in [0.2, 0.25) is 11.8 Å². The highest BCUT2D eigenvalue weighted by molar-refractivity contribution is 6.33. The van der Waals surface area contributed by atoms with Crippen molar-refractivity contribution in [1.82, 2.24) is 20.0 Å². The Morgan fingerprint density at radius 1 is 1.03 bits per heavy atom. The van der Waals surface area contributed by atoms with E-state index in [-0.39, 0.29) is 24.3 Å². The number of anilines is 1. The maximum atomic E-state index is 13.1. The Kier molecular flexibility index (Phi) is 8.03.